The zero-order chi connectivity index (χ0) is 13.0. The Morgan fingerprint density at radius 2 is 2.17 bits per heavy atom. The topological polar surface area (TPSA) is 55.0 Å². The number of nitrogen functional groups attached to an aromatic ring is 1. The number of hydrogen-bond donors (Lipinski definition) is 1. The van der Waals surface area contributed by atoms with Crippen LogP contribution in [-0.4, -0.2) is 21.4 Å². The fourth-order valence-corrected chi connectivity index (χ4v) is 2.54. The van der Waals surface area contributed by atoms with Gasteiger partial charge in [0.1, 0.15) is 0 Å². The molecular formula is C13H18N4S. The van der Waals surface area contributed by atoms with Crippen LogP contribution in [-0.2, 0) is 13.1 Å². The van der Waals surface area contributed by atoms with Gasteiger partial charge in [-0.2, -0.15) is 0 Å². The van der Waals surface area contributed by atoms with Gasteiger partial charge in [-0.25, -0.2) is 4.98 Å². The molecule has 0 radical (unpaired) electrons. The van der Waals surface area contributed by atoms with E-state index in [4.69, 9.17) is 5.73 Å². The van der Waals surface area contributed by atoms with Crippen molar-refractivity contribution in [2.24, 2.45) is 0 Å². The van der Waals surface area contributed by atoms with Gasteiger partial charge in [-0.15, -0.1) is 11.3 Å². The lowest BCUT2D eigenvalue weighted by molar-refractivity contribution is 0.270. The Morgan fingerprint density at radius 3 is 2.78 bits per heavy atom. The Bertz CT molecular complexity index is 509. The van der Waals surface area contributed by atoms with Crippen molar-refractivity contribution < 1.29 is 0 Å². The summed E-state index contributed by atoms with van der Waals surface area (Å²) in [6.45, 7) is 6.88. The zero-order valence-corrected chi connectivity index (χ0v) is 11.6. The molecule has 96 valence electrons. The van der Waals surface area contributed by atoms with E-state index in [0.717, 1.165) is 31.0 Å². The number of pyridine rings is 1. The lowest BCUT2D eigenvalue weighted by Gasteiger charge is -2.18. The summed E-state index contributed by atoms with van der Waals surface area (Å²) in [6.07, 6.45) is 1.85. The van der Waals surface area contributed by atoms with E-state index in [0.29, 0.717) is 5.13 Å². The quantitative estimate of drug-likeness (QED) is 0.899. The fraction of sp³-hybridized carbons (Fsp3) is 0.385. The minimum Gasteiger partial charge on any atom is -0.375 e. The molecule has 2 aromatic rings. The number of aromatic nitrogens is 2. The van der Waals surface area contributed by atoms with Crippen molar-refractivity contribution in [3.05, 3.63) is 40.7 Å². The van der Waals surface area contributed by atoms with Crippen molar-refractivity contribution in [2.75, 3.05) is 12.3 Å². The monoisotopic (exact) mass is 262 g/mol. The minimum absolute atomic E-state index is 0.634. The molecule has 2 aromatic heterocycles. The highest BCUT2D eigenvalue weighted by Crippen LogP contribution is 2.17. The van der Waals surface area contributed by atoms with Gasteiger partial charge in [0.05, 0.1) is 5.69 Å². The Hall–Kier alpha value is -1.46. The number of nitrogens with zero attached hydrogens (tertiary/aromatic N) is 3. The Kier molecular flexibility index (Phi) is 4.28. The summed E-state index contributed by atoms with van der Waals surface area (Å²) >= 11 is 1.55. The maximum absolute atomic E-state index is 5.64. The third-order valence-electron chi connectivity index (χ3n) is 2.73. The second-order valence-electron chi connectivity index (χ2n) is 4.24. The number of anilines is 1. The van der Waals surface area contributed by atoms with Gasteiger partial charge >= 0.3 is 0 Å². The average Bonchev–Trinajstić information content (AvgIpc) is 2.74. The van der Waals surface area contributed by atoms with E-state index in [1.165, 1.54) is 4.88 Å². The molecule has 0 saturated carbocycles. The predicted octanol–water partition coefficient (Wildman–Crippen LogP) is 2.45. The summed E-state index contributed by atoms with van der Waals surface area (Å²) in [5, 5.41) is 0.634. The Morgan fingerprint density at radius 1 is 1.33 bits per heavy atom. The van der Waals surface area contributed by atoms with Crippen molar-refractivity contribution in [3.8, 4) is 0 Å². The van der Waals surface area contributed by atoms with Crippen LogP contribution in [0.3, 0.4) is 0 Å². The molecule has 18 heavy (non-hydrogen) atoms. The average molecular weight is 262 g/mol. The number of nitrogens with two attached hydrogens (primary N) is 1. The van der Waals surface area contributed by atoms with Gasteiger partial charge in [0, 0.05) is 29.9 Å². The first-order valence-electron chi connectivity index (χ1n) is 6.02. The summed E-state index contributed by atoms with van der Waals surface area (Å²) in [4.78, 5) is 12.1. The molecule has 0 aliphatic rings. The van der Waals surface area contributed by atoms with Crippen LogP contribution in [0.4, 0.5) is 5.13 Å². The summed E-state index contributed by atoms with van der Waals surface area (Å²) in [6, 6.07) is 6.14. The SMILES string of the molecule is CCN(Cc1cccc(C)n1)Cc1cnc(N)s1. The van der Waals surface area contributed by atoms with Crippen molar-refractivity contribution in [1.82, 2.24) is 14.9 Å². The highest BCUT2D eigenvalue weighted by Gasteiger charge is 2.08. The molecule has 2 heterocycles. The molecule has 0 atom stereocenters. The zero-order valence-electron chi connectivity index (χ0n) is 10.8. The van der Waals surface area contributed by atoms with Gasteiger partial charge in [-0.1, -0.05) is 13.0 Å². The first-order valence-corrected chi connectivity index (χ1v) is 6.84. The molecule has 0 aromatic carbocycles. The van der Waals surface area contributed by atoms with Crippen LogP contribution in [0.5, 0.6) is 0 Å². The highest BCUT2D eigenvalue weighted by atomic mass is 32.1. The first-order chi connectivity index (χ1) is 8.67. The molecule has 0 fully saturated rings. The van der Waals surface area contributed by atoms with Crippen molar-refractivity contribution >= 4 is 16.5 Å². The van der Waals surface area contributed by atoms with Gasteiger partial charge in [0.15, 0.2) is 5.13 Å². The second-order valence-corrected chi connectivity index (χ2v) is 5.39. The van der Waals surface area contributed by atoms with Gasteiger partial charge in [-0.05, 0) is 25.6 Å². The van der Waals surface area contributed by atoms with Crippen molar-refractivity contribution in [3.63, 3.8) is 0 Å². The van der Waals surface area contributed by atoms with Crippen LogP contribution in [0.15, 0.2) is 24.4 Å². The van der Waals surface area contributed by atoms with Crippen LogP contribution in [0, 0.1) is 6.92 Å². The third-order valence-corrected chi connectivity index (χ3v) is 3.54. The van der Waals surface area contributed by atoms with Crippen LogP contribution in [0.1, 0.15) is 23.2 Å². The number of aryl methyl sites for hydroxylation is 1. The minimum atomic E-state index is 0.634. The molecule has 0 amide bonds. The van der Waals surface area contributed by atoms with Crippen molar-refractivity contribution in [1.29, 1.82) is 0 Å². The molecule has 0 aliphatic carbocycles. The highest BCUT2D eigenvalue weighted by molar-refractivity contribution is 7.15. The van der Waals surface area contributed by atoms with Crippen molar-refractivity contribution in [2.45, 2.75) is 26.9 Å². The standard InChI is InChI=1S/C13H18N4S/c1-3-17(9-12-7-15-13(14)18-12)8-11-6-4-5-10(2)16-11/h4-7H,3,8-9H2,1-2H3,(H2,14,15). The van der Waals surface area contributed by atoms with Gasteiger partial charge in [0.2, 0.25) is 0 Å². The molecule has 0 saturated heterocycles. The molecule has 5 heteroatoms. The van der Waals surface area contributed by atoms with Crippen LogP contribution < -0.4 is 5.73 Å². The largest absolute Gasteiger partial charge is 0.375 e. The molecule has 2 N–H and O–H groups in total. The second kappa shape index (κ2) is 5.93. The third kappa shape index (κ3) is 3.51. The van der Waals surface area contributed by atoms with E-state index in [1.807, 2.05) is 19.2 Å². The predicted molar refractivity (Wildman–Crippen MR) is 75.3 cm³/mol. The molecule has 0 unspecified atom stereocenters. The number of thiazole rings is 1. The maximum atomic E-state index is 5.64. The lowest BCUT2D eigenvalue weighted by Crippen LogP contribution is -2.22. The van der Waals surface area contributed by atoms with Gasteiger partial charge in [0.25, 0.3) is 0 Å². The van der Waals surface area contributed by atoms with E-state index in [-0.39, 0.29) is 0 Å². The number of hydrogen-bond acceptors (Lipinski definition) is 5. The van der Waals surface area contributed by atoms with Crippen LogP contribution in [0.2, 0.25) is 0 Å². The van der Waals surface area contributed by atoms with E-state index < -0.39 is 0 Å². The summed E-state index contributed by atoms with van der Waals surface area (Å²) in [7, 11) is 0. The summed E-state index contributed by atoms with van der Waals surface area (Å²) in [5.41, 5.74) is 7.81. The van der Waals surface area contributed by atoms with Crippen LogP contribution in [0.25, 0.3) is 0 Å². The maximum Gasteiger partial charge on any atom is 0.180 e. The van der Waals surface area contributed by atoms with E-state index in [2.05, 4.69) is 33.9 Å². The van der Waals surface area contributed by atoms with Crippen LogP contribution >= 0.6 is 11.3 Å². The molecular weight excluding hydrogens is 244 g/mol. The molecule has 0 aliphatic heterocycles. The number of rotatable bonds is 5. The Labute approximate surface area is 111 Å². The molecule has 0 spiro atoms. The Balaban J connectivity index is 2.01. The fourth-order valence-electron chi connectivity index (χ4n) is 1.81. The first kappa shape index (κ1) is 13.0. The van der Waals surface area contributed by atoms with E-state index in [1.54, 1.807) is 11.3 Å². The lowest BCUT2D eigenvalue weighted by atomic mass is 10.3. The summed E-state index contributed by atoms with van der Waals surface area (Å²) < 4.78 is 0. The molecule has 0 bridgehead atoms. The summed E-state index contributed by atoms with van der Waals surface area (Å²) in [5.74, 6) is 0. The van der Waals surface area contributed by atoms with E-state index >= 15 is 0 Å². The van der Waals surface area contributed by atoms with E-state index in [9.17, 15) is 0 Å². The molecule has 4 nitrogen and oxygen atoms in total. The molecule has 2 rings (SSSR count). The van der Waals surface area contributed by atoms with Gasteiger partial charge < -0.3 is 5.73 Å². The smallest absolute Gasteiger partial charge is 0.180 e. The normalized spacial score (nSPS) is 11.1. The van der Waals surface area contributed by atoms with Gasteiger partial charge in [-0.3, -0.25) is 9.88 Å².